The third-order valence-electron chi connectivity index (χ3n) is 6.30. The molecule has 32 heavy (non-hydrogen) atoms. The lowest BCUT2D eigenvalue weighted by Crippen LogP contribution is -2.46. The first-order valence-electron chi connectivity index (χ1n) is 11.3. The monoisotopic (exact) mass is 439 g/mol. The van der Waals surface area contributed by atoms with Crippen LogP contribution in [-0.4, -0.2) is 67.5 Å². The van der Waals surface area contributed by atoms with Crippen LogP contribution >= 0.6 is 0 Å². The minimum absolute atomic E-state index is 0.0218. The Balaban J connectivity index is 1.23. The molecule has 2 amide bonds. The van der Waals surface area contributed by atoms with Gasteiger partial charge in [0, 0.05) is 50.9 Å². The van der Waals surface area contributed by atoms with Gasteiger partial charge in [-0.05, 0) is 55.7 Å². The number of rotatable bonds is 5. The van der Waals surface area contributed by atoms with E-state index in [9.17, 15) is 14.0 Å². The van der Waals surface area contributed by atoms with Crippen LogP contribution < -0.4 is 9.64 Å². The molecule has 0 radical (unpaired) electrons. The van der Waals surface area contributed by atoms with Crippen molar-refractivity contribution in [3.05, 3.63) is 60.4 Å². The summed E-state index contributed by atoms with van der Waals surface area (Å²) in [4.78, 5) is 31.5. The Bertz CT molecular complexity index is 898. The number of anilines is 1. The standard InChI is InChI=1S/C25H30FN3O3/c26-21-7-9-22(10-8-21)27-13-4-14-29(18-17-27)25(31)20-11-15-28(16-12-20)24(30)19-32-23-5-2-1-3-6-23/h1-3,5-10,20H,4,11-19H2. The fraction of sp³-hybridized carbons (Fsp3) is 0.440. The molecule has 0 N–H and O–H groups in total. The van der Waals surface area contributed by atoms with E-state index in [-0.39, 0.29) is 30.2 Å². The molecule has 0 atom stereocenters. The summed E-state index contributed by atoms with van der Waals surface area (Å²) in [7, 11) is 0. The van der Waals surface area contributed by atoms with Crippen molar-refractivity contribution in [2.45, 2.75) is 19.3 Å². The Morgan fingerprint density at radius 3 is 2.28 bits per heavy atom. The van der Waals surface area contributed by atoms with Crippen LogP contribution in [0.4, 0.5) is 10.1 Å². The van der Waals surface area contributed by atoms with Crippen LogP contribution in [0.2, 0.25) is 0 Å². The van der Waals surface area contributed by atoms with Crippen LogP contribution in [0.25, 0.3) is 0 Å². The van der Waals surface area contributed by atoms with E-state index in [1.165, 1.54) is 12.1 Å². The zero-order valence-corrected chi connectivity index (χ0v) is 18.3. The Hall–Kier alpha value is -3.09. The molecule has 2 saturated heterocycles. The lowest BCUT2D eigenvalue weighted by atomic mass is 9.95. The van der Waals surface area contributed by atoms with Gasteiger partial charge in [-0.2, -0.15) is 0 Å². The number of para-hydroxylation sites is 1. The number of hydrogen-bond acceptors (Lipinski definition) is 4. The Morgan fingerprint density at radius 2 is 1.56 bits per heavy atom. The lowest BCUT2D eigenvalue weighted by Gasteiger charge is -2.34. The maximum absolute atomic E-state index is 13.2. The van der Waals surface area contributed by atoms with Gasteiger partial charge < -0.3 is 19.4 Å². The minimum atomic E-state index is -0.239. The largest absolute Gasteiger partial charge is 0.484 e. The van der Waals surface area contributed by atoms with E-state index in [1.807, 2.05) is 35.2 Å². The van der Waals surface area contributed by atoms with Gasteiger partial charge in [0.05, 0.1) is 0 Å². The van der Waals surface area contributed by atoms with Crippen LogP contribution in [0.3, 0.4) is 0 Å². The molecule has 2 aliphatic heterocycles. The number of likely N-dealkylation sites (tertiary alicyclic amines) is 1. The van der Waals surface area contributed by atoms with Crippen molar-refractivity contribution in [1.82, 2.24) is 9.80 Å². The summed E-state index contributed by atoms with van der Waals surface area (Å²) in [6.07, 6.45) is 2.26. The van der Waals surface area contributed by atoms with E-state index >= 15 is 0 Å². The van der Waals surface area contributed by atoms with E-state index < -0.39 is 0 Å². The number of ether oxygens (including phenoxy) is 1. The van der Waals surface area contributed by atoms with E-state index in [0.717, 1.165) is 31.7 Å². The molecule has 6 nitrogen and oxygen atoms in total. The average Bonchev–Trinajstić information content (AvgIpc) is 3.10. The summed E-state index contributed by atoms with van der Waals surface area (Å²) in [5, 5.41) is 0. The van der Waals surface area contributed by atoms with Gasteiger partial charge >= 0.3 is 0 Å². The molecule has 7 heteroatoms. The van der Waals surface area contributed by atoms with Crippen LogP contribution in [0.15, 0.2) is 54.6 Å². The molecule has 0 bridgehead atoms. The summed E-state index contributed by atoms with van der Waals surface area (Å²) in [5.74, 6) is 0.563. The first kappa shape index (κ1) is 22.1. The number of piperidine rings is 1. The van der Waals surface area contributed by atoms with Crippen molar-refractivity contribution in [2.75, 3.05) is 50.8 Å². The maximum Gasteiger partial charge on any atom is 0.260 e. The Morgan fingerprint density at radius 1 is 0.844 bits per heavy atom. The fourth-order valence-electron chi connectivity index (χ4n) is 4.44. The van der Waals surface area contributed by atoms with Crippen LogP contribution in [0.5, 0.6) is 5.75 Å². The van der Waals surface area contributed by atoms with Crippen LogP contribution in [-0.2, 0) is 9.59 Å². The quantitative estimate of drug-likeness (QED) is 0.718. The normalized spacial score (nSPS) is 17.7. The summed E-state index contributed by atoms with van der Waals surface area (Å²) >= 11 is 0. The minimum Gasteiger partial charge on any atom is -0.484 e. The number of halogens is 1. The van der Waals surface area contributed by atoms with Gasteiger partial charge in [0.15, 0.2) is 6.61 Å². The first-order chi connectivity index (χ1) is 15.6. The summed E-state index contributed by atoms with van der Waals surface area (Å²) < 4.78 is 18.8. The van der Waals surface area contributed by atoms with Gasteiger partial charge in [-0.15, -0.1) is 0 Å². The van der Waals surface area contributed by atoms with E-state index in [4.69, 9.17) is 4.74 Å². The summed E-state index contributed by atoms with van der Waals surface area (Å²) in [6, 6.07) is 15.8. The zero-order valence-electron chi connectivity index (χ0n) is 18.3. The second-order valence-corrected chi connectivity index (χ2v) is 8.40. The van der Waals surface area contributed by atoms with E-state index in [2.05, 4.69) is 4.90 Å². The molecule has 2 heterocycles. The SMILES string of the molecule is O=C(COc1ccccc1)N1CCC(C(=O)N2CCCN(c3ccc(F)cc3)CC2)CC1. The third kappa shape index (κ3) is 5.58. The number of benzene rings is 2. The highest BCUT2D eigenvalue weighted by atomic mass is 19.1. The highest BCUT2D eigenvalue weighted by Gasteiger charge is 2.31. The Labute approximate surface area is 188 Å². The molecule has 0 saturated carbocycles. The lowest BCUT2D eigenvalue weighted by molar-refractivity contribution is -0.141. The molecule has 2 aromatic carbocycles. The molecular weight excluding hydrogens is 409 g/mol. The van der Waals surface area contributed by atoms with Gasteiger partial charge in [-0.3, -0.25) is 9.59 Å². The predicted molar refractivity (Wildman–Crippen MR) is 121 cm³/mol. The molecule has 2 aliphatic rings. The second-order valence-electron chi connectivity index (χ2n) is 8.40. The molecule has 4 rings (SSSR count). The average molecular weight is 440 g/mol. The van der Waals surface area contributed by atoms with Gasteiger partial charge in [-0.25, -0.2) is 4.39 Å². The van der Waals surface area contributed by atoms with E-state index in [1.54, 1.807) is 17.0 Å². The third-order valence-corrected chi connectivity index (χ3v) is 6.30. The first-order valence-corrected chi connectivity index (χ1v) is 11.3. The van der Waals surface area contributed by atoms with E-state index in [0.29, 0.717) is 38.2 Å². The summed E-state index contributed by atoms with van der Waals surface area (Å²) in [5.41, 5.74) is 0.991. The molecule has 0 spiro atoms. The van der Waals surface area contributed by atoms with Gasteiger partial charge in [0.2, 0.25) is 5.91 Å². The van der Waals surface area contributed by atoms with Crippen molar-refractivity contribution in [2.24, 2.45) is 5.92 Å². The number of carbonyl (C=O) groups excluding carboxylic acids is 2. The van der Waals surface area contributed by atoms with Crippen LogP contribution in [0.1, 0.15) is 19.3 Å². The molecule has 2 aromatic rings. The fourth-order valence-corrected chi connectivity index (χ4v) is 4.44. The van der Waals surface area contributed by atoms with Gasteiger partial charge in [-0.1, -0.05) is 18.2 Å². The number of hydrogen-bond donors (Lipinski definition) is 0. The number of nitrogens with zero attached hydrogens (tertiary/aromatic N) is 3. The van der Waals surface area contributed by atoms with Crippen molar-refractivity contribution in [3.8, 4) is 5.75 Å². The van der Waals surface area contributed by atoms with Crippen LogP contribution in [0, 0.1) is 11.7 Å². The van der Waals surface area contributed by atoms with Gasteiger partial charge in [0.1, 0.15) is 11.6 Å². The molecule has 170 valence electrons. The number of amides is 2. The Kier molecular flexibility index (Phi) is 7.24. The zero-order chi connectivity index (χ0) is 22.3. The number of carbonyl (C=O) groups is 2. The molecular formula is C25H30FN3O3. The van der Waals surface area contributed by atoms with Gasteiger partial charge in [0.25, 0.3) is 5.91 Å². The van der Waals surface area contributed by atoms with Crippen molar-refractivity contribution < 1.29 is 18.7 Å². The molecule has 0 aliphatic carbocycles. The summed E-state index contributed by atoms with van der Waals surface area (Å²) in [6.45, 7) is 4.19. The second kappa shape index (κ2) is 10.5. The highest BCUT2D eigenvalue weighted by Crippen LogP contribution is 2.22. The van der Waals surface area contributed by atoms with Crippen molar-refractivity contribution >= 4 is 17.5 Å². The van der Waals surface area contributed by atoms with Crippen molar-refractivity contribution in [1.29, 1.82) is 0 Å². The topological polar surface area (TPSA) is 53.1 Å². The molecule has 2 fully saturated rings. The smallest absolute Gasteiger partial charge is 0.260 e. The predicted octanol–water partition coefficient (Wildman–Crippen LogP) is 3.18. The molecule has 0 unspecified atom stereocenters. The molecule has 0 aromatic heterocycles. The maximum atomic E-state index is 13.2. The highest BCUT2D eigenvalue weighted by molar-refractivity contribution is 5.81. The van der Waals surface area contributed by atoms with Crippen molar-refractivity contribution in [3.63, 3.8) is 0 Å².